The molecule has 0 aliphatic carbocycles. The van der Waals surface area contributed by atoms with Crippen LogP contribution >= 0.6 is 12.4 Å². The zero-order valence-electron chi connectivity index (χ0n) is 28.7. The molecule has 11 heteroatoms. The minimum Gasteiger partial charge on any atom is -0.395 e. The lowest BCUT2D eigenvalue weighted by molar-refractivity contribution is -0.181. The maximum Gasteiger partial charge on any atom is 0.113 e. The Hall–Kier alpha value is -3.23. The van der Waals surface area contributed by atoms with Crippen molar-refractivity contribution in [2.24, 2.45) is 0 Å². The van der Waals surface area contributed by atoms with Gasteiger partial charge in [0.2, 0.25) is 0 Å². The molecule has 2 aliphatic heterocycles. The van der Waals surface area contributed by atoms with E-state index in [1.54, 1.807) is 0 Å². The van der Waals surface area contributed by atoms with Crippen LogP contribution in [0.4, 0.5) is 0 Å². The van der Waals surface area contributed by atoms with Gasteiger partial charge in [0.1, 0.15) is 18.3 Å². The van der Waals surface area contributed by atoms with Crippen LogP contribution in [0, 0.1) is 0 Å². The molecule has 2 heterocycles. The lowest BCUT2D eigenvalue weighted by Crippen LogP contribution is -2.63. The molecule has 4 aromatic carbocycles. The van der Waals surface area contributed by atoms with Gasteiger partial charge in [0.15, 0.2) is 0 Å². The van der Waals surface area contributed by atoms with Crippen molar-refractivity contribution in [3.8, 4) is 0 Å². The Balaban J connectivity index is 0.000000417. The summed E-state index contributed by atoms with van der Waals surface area (Å²) in [6, 6.07) is 40.4. The molecule has 0 bridgehead atoms. The van der Waals surface area contributed by atoms with Crippen LogP contribution in [0.25, 0.3) is 0 Å². The second-order valence-electron chi connectivity index (χ2n) is 12.6. The topological polar surface area (TPSA) is 142 Å². The van der Waals surface area contributed by atoms with Gasteiger partial charge in [-0.2, -0.15) is 0 Å². The highest BCUT2D eigenvalue weighted by Crippen LogP contribution is 2.24. The molecular formula is C40H51ClN2O8. The number of hydrogen-bond donors (Lipinski definition) is 6. The van der Waals surface area contributed by atoms with E-state index < -0.39 is 24.4 Å². The maximum atomic E-state index is 9.18. The van der Waals surface area contributed by atoms with Crippen molar-refractivity contribution in [3.63, 3.8) is 0 Å². The molecule has 0 amide bonds. The van der Waals surface area contributed by atoms with Gasteiger partial charge in [0.25, 0.3) is 0 Å². The molecule has 0 unspecified atom stereocenters. The van der Waals surface area contributed by atoms with Crippen molar-refractivity contribution < 1.29 is 39.4 Å². The van der Waals surface area contributed by atoms with Gasteiger partial charge in [-0.05, 0) is 22.3 Å². The van der Waals surface area contributed by atoms with E-state index in [0.717, 1.165) is 22.3 Å². The van der Waals surface area contributed by atoms with Gasteiger partial charge in [-0.25, -0.2) is 0 Å². The second kappa shape index (κ2) is 22.0. The van der Waals surface area contributed by atoms with E-state index in [2.05, 4.69) is 59.2 Å². The molecule has 2 fully saturated rings. The number of piperidine rings is 2. The van der Waals surface area contributed by atoms with Crippen molar-refractivity contribution >= 4 is 12.4 Å². The zero-order chi connectivity index (χ0) is 35.0. The molecule has 0 aromatic heterocycles. The molecule has 0 saturated carbocycles. The summed E-state index contributed by atoms with van der Waals surface area (Å²) in [6.07, 6.45) is -3.92. The van der Waals surface area contributed by atoms with Crippen LogP contribution in [0.3, 0.4) is 0 Å². The van der Waals surface area contributed by atoms with Crippen LogP contribution < -0.4 is 10.6 Å². The summed E-state index contributed by atoms with van der Waals surface area (Å²) in [5, 5.41) is 42.3. The van der Waals surface area contributed by atoms with E-state index in [4.69, 9.17) is 34.3 Å². The molecule has 6 N–H and O–H groups in total. The maximum absolute atomic E-state index is 9.18. The third-order valence-corrected chi connectivity index (χ3v) is 8.90. The fourth-order valence-corrected chi connectivity index (χ4v) is 6.00. The molecule has 2 saturated heterocycles. The van der Waals surface area contributed by atoms with Crippen molar-refractivity contribution in [2.75, 3.05) is 26.3 Å². The molecule has 276 valence electrons. The first-order chi connectivity index (χ1) is 24.5. The molecular weight excluding hydrogens is 672 g/mol. The van der Waals surface area contributed by atoms with Gasteiger partial charge >= 0.3 is 0 Å². The minimum absolute atomic E-state index is 0. The quantitative estimate of drug-likeness (QED) is 0.115. The molecule has 10 nitrogen and oxygen atoms in total. The number of ether oxygens (including phenoxy) is 4. The fraction of sp³-hybridized carbons (Fsp3) is 0.400. The highest BCUT2D eigenvalue weighted by molar-refractivity contribution is 5.85. The molecule has 4 aromatic rings. The molecule has 0 radical (unpaired) electrons. The summed E-state index contributed by atoms with van der Waals surface area (Å²) in [7, 11) is 0. The van der Waals surface area contributed by atoms with Gasteiger partial charge in [-0.15, -0.1) is 12.4 Å². The van der Waals surface area contributed by atoms with E-state index in [9.17, 15) is 5.11 Å². The van der Waals surface area contributed by atoms with Gasteiger partial charge in [0, 0.05) is 13.1 Å². The lowest BCUT2D eigenvalue weighted by Gasteiger charge is -2.43. The number of nitrogens with one attached hydrogen (secondary N) is 2. The van der Waals surface area contributed by atoms with E-state index in [0.29, 0.717) is 39.6 Å². The number of β-amino-alcohol motifs (C(OH)–C–C–N with tert-alkyl or cyclic N) is 1. The highest BCUT2D eigenvalue weighted by atomic mass is 35.5. The van der Waals surface area contributed by atoms with Crippen LogP contribution in [-0.4, -0.2) is 95.4 Å². The van der Waals surface area contributed by atoms with E-state index in [1.807, 2.05) is 72.8 Å². The van der Waals surface area contributed by atoms with E-state index >= 15 is 0 Å². The third kappa shape index (κ3) is 12.7. The first-order valence-electron chi connectivity index (χ1n) is 17.2. The first-order valence-corrected chi connectivity index (χ1v) is 17.2. The Bertz CT molecular complexity index is 1480. The Kier molecular flexibility index (Phi) is 17.5. The van der Waals surface area contributed by atoms with Gasteiger partial charge in [-0.1, -0.05) is 121 Å². The molecule has 2 aliphatic rings. The van der Waals surface area contributed by atoms with Crippen molar-refractivity contribution in [2.45, 2.75) is 75.1 Å². The van der Waals surface area contributed by atoms with Crippen molar-refractivity contribution in [1.29, 1.82) is 0 Å². The first kappa shape index (κ1) is 40.5. The van der Waals surface area contributed by atoms with E-state index in [-0.39, 0.29) is 49.9 Å². The summed E-state index contributed by atoms with van der Waals surface area (Å²) >= 11 is 0. The van der Waals surface area contributed by atoms with E-state index in [1.165, 1.54) is 0 Å². The lowest BCUT2D eigenvalue weighted by atomic mass is 9.95. The number of aliphatic hydroxyl groups excluding tert-OH is 4. The normalized spacial score (nSPS) is 26.0. The number of rotatable bonds is 14. The molecule has 8 atom stereocenters. The SMILES string of the molecule is Cl.OC[C@H]1NC[C@H](O)[C@@H](O)[C@@H]1O.c1ccc(COC[C@H]2NC[C@H](OCc3ccccc3)[C@@H](OCc3ccccc3)[C@@H]2OCc2ccccc2)cc1. The third-order valence-electron chi connectivity index (χ3n) is 8.90. The van der Waals surface area contributed by atoms with Crippen LogP contribution in [-0.2, 0) is 45.4 Å². The summed E-state index contributed by atoms with van der Waals surface area (Å²) in [5.41, 5.74) is 4.53. The number of halogens is 1. The highest BCUT2D eigenvalue weighted by Gasteiger charge is 2.42. The predicted molar refractivity (Wildman–Crippen MR) is 197 cm³/mol. The molecule has 0 spiro atoms. The smallest absolute Gasteiger partial charge is 0.113 e. The Labute approximate surface area is 306 Å². The Morgan fingerprint density at radius 1 is 0.510 bits per heavy atom. The Morgan fingerprint density at radius 3 is 1.43 bits per heavy atom. The zero-order valence-corrected chi connectivity index (χ0v) is 29.5. The number of hydrogen-bond acceptors (Lipinski definition) is 10. The Morgan fingerprint density at radius 2 is 0.941 bits per heavy atom. The second-order valence-corrected chi connectivity index (χ2v) is 12.6. The monoisotopic (exact) mass is 722 g/mol. The average molecular weight is 723 g/mol. The van der Waals surface area contributed by atoms with Crippen molar-refractivity contribution in [3.05, 3.63) is 144 Å². The van der Waals surface area contributed by atoms with Gasteiger partial charge in [0.05, 0.1) is 70.0 Å². The summed E-state index contributed by atoms with van der Waals surface area (Å²) < 4.78 is 25.9. The average Bonchev–Trinajstić information content (AvgIpc) is 3.17. The molecule has 51 heavy (non-hydrogen) atoms. The molecule has 6 rings (SSSR count). The van der Waals surface area contributed by atoms with Crippen LogP contribution in [0.15, 0.2) is 121 Å². The predicted octanol–water partition coefficient (Wildman–Crippen LogP) is 3.39. The van der Waals surface area contributed by atoms with Gasteiger partial charge < -0.3 is 50.0 Å². The number of benzene rings is 4. The summed E-state index contributed by atoms with van der Waals surface area (Å²) in [5.74, 6) is 0. The van der Waals surface area contributed by atoms with Crippen molar-refractivity contribution in [1.82, 2.24) is 10.6 Å². The standard InChI is InChI=1S/C34H37NO4.C6H13NO4.ClH/c1-5-13-27(14-6-1)22-36-26-31-33(38-24-29-17-9-3-10-18-29)34(39-25-30-19-11-4-12-20-30)32(21-35-31)37-23-28-15-7-2-8-16-28;8-2-3-5(10)6(11)4(9)1-7-3;/h1-20,31-35H,21-26H2;3-11H,1-2H2;1H/t31-,32+,33-,34-;3-,4+,5-,6-;/m11./s1. The fourth-order valence-electron chi connectivity index (χ4n) is 6.00. The minimum atomic E-state index is -1.16. The summed E-state index contributed by atoms with van der Waals surface area (Å²) in [6.45, 7) is 3.14. The van der Waals surface area contributed by atoms with Crippen LogP contribution in [0.5, 0.6) is 0 Å². The number of aliphatic hydroxyl groups is 4. The van der Waals surface area contributed by atoms with Gasteiger partial charge in [-0.3, -0.25) is 0 Å². The summed E-state index contributed by atoms with van der Waals surface area (Å²) in [4.78, 5) is 0. The largest absolute Gasteiger partial charge is 0.395 e. The van der Waals surface area contributed by atoms with Crippen LogP contribution in [0.2, 0.25) is 0 Å². The van der Waals surface area contributed by atoms with Crippen LogP contribution in [0.1, 0.15) is 22.3 Å².